The van der Waals surface area contributed by atoms with Crippen LogP contribution in [0.25, 0.3) is 0 Å². The van der Waals surface area contributed by atoms with Gasteiger partial charge in [0.1, 0.15) is 6.61 Å². The first-order valence-corrected chi connectivity index (χ1v) is 12.0. The summed E-state index contributed by atoms with van der Waals surface area (Å²) >= 11 is 1.26. The Morgan fingerprint density at radius 2 is 2.07 bits per heavy atom. The minimum Gasteiger partial charge on any atom is -0.485 e. The number of nitrogens with zero attached hydrogens (tertiary/aromatic N) is 3. The zero-order valence-electron chi connectivity index (χ0n) is 16.1. The third-order valence-corrected chi connectivity index (χ3v) is 7.80. The summed E-state index contributed by atoms with van der Waals surface area (Å²) in [5, 5.41) is 11.4. The molecular weight excluding hydrogens is 416 g/mol. The average Bonchev–Trinajstić information content (AvgIpc) is 3.23. The molecule has 0 spiro atoms. The van der Waals surface area contributed by atoms with Gasteiger partial charge in [-0.3, -0.25) is 4.79 Å². The summed E-state index contributed by atoms with van der Waals surface area (Å²) in [5.74, 6) is 1.87. The second-order valence-corrected chi connectivity index (χ2v) is 10.7. The minimum absolute atomic E-state index is 0.00469. The standard InChI is InChI=1S/C18H22N4O5S2/c1-11(17(23)19-12-7-8-29(24,25)10-12)28-18-21-20-16(22(18)2)15-9-26-13-5-3-4-6-14(13)27-15/h3-6,11-12,15H,7-10H2,1-2H3,(H,19,23)/t11-,12+,15+/m0/s1. The molecule has 1 saturated heterocycles. The van der Waals surface area contributed by atoms with Crippen molar-refractivity contribution in [1.82, 2.24) is 20.1 Å². The van der Waals surface area contributed by atoms with Gasteiger partial charge in [-0.1, -0.05) is 23.9 Å². The maximum Gasteiger partial charge on any atom is 0.233 e. The number of thioether (sulfide) groups is 1. The number of hydrogen-bond donors (Lipinski definition) is 1. The predicted octanol–water partition coefficient (Wildman–Crippen LogP) is 1.11. The highest BCUT2D eigenvalue weighted by molar-refractivity contribution is 8.00. The summed E-state index contributed by atoms with van der Waals surface area (Å²) in [5.41, 5.74) is 0. The van der Waals surface area contributed by atoms with Gasteiger partial charge in [-0.15, -0.1) is 10.2 Å². The molecule has 11 heteroatoms. The molecule has 9 nitrogen and oxygen atoms in total. The Hall–Kier alpha value is -2.27. The minimum atomic E-state index is -3.04. The second kappa shape index (κ2) is 7.86. The Bertz CT molecular complexity index is 1020. The lowest BCUT2D eigenvalue weighted by atomic mass is 10.2. The molecular formula is C18H22N4O5S2. The van der Waals surface area contributed by atoms with E-state index in [1.807, 2.05) is 31.3 Å². The molecule has 0 radical (unpaired) electrons. The van der Waals surface area contributed by atoms with Crippen molar-refractivity contribution in [2.75, 3.05) is 18.1 Å². The fourth-order valence-corrected chi connectivity index (χ4v) is 5.80. The van der Waals surface area contributed by atoms with Crippen molar-refractivity contribution in [3.05, 3.63) is 30.1 Å². The number of hydrogen-bond acceptors (Lipinski definition) is 8. The van der Waals surface area contributed by atoms with Gasteiger partial charge in [-0.2, -0.15) is 0 Å². The first-order chi connectivity index (χ1) is 13.8. The Kier molecular flexibility index (Phi) is 5.43. The monoisotopic (exact) mass is 438 g/mol. The SMILES string of the molecule is C[C@H](Sc1nnc([C@H]2COc3ccccc3O2)n1C)C(=O)N[C@@H]1CCS(=O)(=O)C1. The molecule has 2 aromatic rings. The Labute approximate surface area is 173 Å². The van der Waals surface area contributed by atoms with Crippen LogP contribution in [-0.4, -0.2) is 58.5 Å². The summed E-state index contributed by atoms with van der Waals surface area (Å²) in [4.78, 5) is 12.4. The second-order valence-electron chi connectivity index (χ2n) is 7.13. The molecule has 1 aromatic carbocycles. The van der Waals surface area contributed by atoms with E-state index in [1.165, 1.54) is 11.8 Å². The van der Waals surface area contributed by atoms with Gasteiger partial charge in [0.2, 0.25) is 5.91 Å². The van der Waals surface area contributed by atoms with Crippen molar-refractivity contribution in [2.45, 2.75) is 35.9 Å². The van der Waals surface area contributed by atoms with Crippen LogP contribution in [0.1, 0.15) is 25.3 Å². The lowest BCUT2D eigenvalue weighted by Gasteiger charge is -2.25. The smallest absolute Gasteiger partial charge is 0.233 e. The van der Waals surface area contributed by atoms with Crippen LogP contribution in [0.4, 0.5) is 0 Å². The fraction of sp³-hybridized carbons (Fsp3) is 0.500. The summed E-state index contributed by atoms with van der Waals surface area (Å²) in [6.07, 6.45) is 0.0599. The van der Waals surface area contributed by atoms with Crippen LogP contribution in [-0.2, 0) is 21.7 Å². The van der Waals surface area contributed by atoms with E-state index in [4.69, 9.17) is 9.47 Å². The van der Waals surface area contributed by atoms with Gasteiger partial charge in [-0.25, -0.2) is 8.42 Å². The summed E-state index contributed by atoms with van der Waals surface area (Å²) < 4.78 is 36.6. The van der Waals surface area contributed by atoms with Crippen LogP contribution < -0.4 is 14.8 Å². The van der Waals surface area contributed by atoms with Crippen LogP contribution >= 0.6 is 11.8 Å². The van der Waals surface area contributed by atoms with Crippen molar-refractivity contribution in [1.29, 1.82) is 0 Å². The molecule has 2 aliphatic rings. The highest BCUT2D eigenvalue weighted by atomic mass is 32.2. The number of ether oxygens (including phenoxy) is 2. The topological polar surface area (TPSA) is 112 Å². The number of rotatable bonds is 5. The number of para-hydroxylation sites is 2. The van der Waals surface area contributed by atoms with Crippen LogP contribution in [0.2, 0.25) is 0 Å². The number of nitrogens with one attached hydrogen (secondary N) is 1. The number of sulfone groups is 1. The molecule has 0 saturated carbocycles. The lowest BCUT2D eigenvalue weighted by Crippen LogP contribution is -2.40. The van der Waals surface area contributed by atoms with Gasteiger partial charge >= 0.3 is 0 Å². The molecule has 0 unspecified atom stereocenters. The normalized spacial score (nSPS) is 23.5. The average molecular weight is 439 g/mol. The summed E-state index contributed by atoms with van der Waals surface area (Å²) in [6, 6.07) is 7.12. The molecule has 1 fully saturated rings. The van der Waals surface area contributed by atoms with E-state index in [1.54, 1.807) is 11.5 Å². The van der Waals surface area contributed by atoms with E-state index in [0.717, 1.165) is 0 Å². The quantitative estimate of drug-likeness (QED) is 0.691. The maximum absolute atomic E-state index is 12.4. The molecule has 1 N–H and O–H groups in total. The number of carbonyl (C=O) groups is 1. The molecule has 3 heterocycles. The predicted molar refractivity (Wildman–Crippen MR) is 107 cm³/mol. The molecule has 29 heavy (non-hydrogen) atoms. The molecule has 1 amide bonds. The number of fused-ring (bicyclic) bond motifs is 1. The Morgan fingerprint density at radius 1 is 1.31 bits per heavy atom. The zero-order chi connectivity index (χ0) is 20.6. The number of carbonyl (C=O) groups excluding carboxylic acids is 1. The summed E-state index contributed by atoms with van der Waals surface area (Å²) in [7, 11) is -1.22. The highest BCUT2D eigenvalue weighted by Gasteiger charge is 2.31. The first-order valence-electron chi connectivity index (χ1n) is 9.27. The first kappa shape index (κ1) is 20.0. The highest BCUT2D eigenvalue weighted by Crippen LogP contribution is 2.36. The van der Waals surface area contributed by atoms with Crippen LogP contribution in [0.3, 0.4) is 0 Å². The maximum atomic E-state index is 12.4. The lowest BCUT2D eigenvalue weighted by molar-refractivity contribution is -0.120. The van der Waals surface area contributed by atoms with Crippen LogP contribution in [0.15, 0.2) is 29.4 Å². The van der Waals surface area contributed by atoms with E-state index < -0.39 is 21.2 Å². The van der Waals surface area contributed by atoms with E-state index in [0.29, 0.717) is 35.5 Å². The molecule has 4 rings (SSSR count). The molecule has 0 bridgehead atoms. The van der Waals surface area contributed by atoms with Gasteiger partial charge in [0.25, 0.3) is 0 Å². The van der Waals surface area contributed by atoms with Crippen molar-refractivity contribution in [3.63, 3.8) is 0 Å². The van der Waals surface area contributed by atoms with Crippen molar-refractivity contribution >= 4 is 27.5 Å². The fourth-order valence-electron chi connectivity index (χ4n) is 3.29. The number of benzene rings is 1. The van der Waals surface area contributed by atoms with Gasteiger partial charge < -0.3 is 19.4 Å². The van der Waals surface area contributed by atoms with Gasteiger partial charge in [0.15, 0.2) is 38.4 Å². The third kappa shape index (κ3) is 4.35. The number of amides is 1. The van der Waals surface area contributed by atoms with Gasteiger partial charge in [-0.05, 0) is 25.5 Å². The van der Waals surface area contributed by atoms with Crippen LogP contribution in [0.5, 0.6) is 11.5 Å². The summed E-state index contributed by atoms with van der Waals surface area (Å²) in [6.45, 7) is 2.08. The van der Waals surface area contributed by atoms with Gasteiger partial charge in [0.05, 0.1) is 16.8 Å². The largest absolute Gasteiger partial charge is 0.485 e. The van der Waals surface area contributed by atoms with E-state index in [9.17, 15) is 13.2 Å². The van der Waals surface area contributed by atoms with E-state index >= 15 is 0 Å². The van der Waals surface area contributed by atoms with E-state index in [2.05, 4.69) is 15.5 Å². The Balaban J connectivity index is 1.39. The Morgan fingerprint density at radius 3 is 2.79 bits per heavy atom. The number of aromatic nitrogens is 3. The molecule has 3 atom stereocenters. The van der Waals surface area contributed by atoms with Gasteiger partial charge in [0, 0.05) is 13.1 Å². The zero-order valence-corrected chi connectivity index (χ0v) is 17.7. The molecule has 1 aromatic heterocycles. The molecule has 0 aliphatic carbocycles. The van der Waals surface area contributed by atoms with Crippen molar-refractivity contribution in [3.8, 4) is 11.5 Å². The molecule has 2 aliphatic heterocycles. The van der Waals surface area contributed by atoms with Crippen LogP contribution in [0, 0.1) is 0 Å². The third-order valence-electron chi connectivity index (χ3n) is 4.90. The molecule has 156 valence electrons. The van der Waals surface area contributed by atoms with Crippen molar-refractivity contribution in [2.24, 2.45) is 7.05 Å². The van der Waals surface area contributed by atoms with E-state index in [-0.39, 0.29) is 23.5 Å². The van der Waals surface area contributed by atoms with Crippen molar-refractivity contribution < 1.29 is 22.7 Å².